The number of anilines is 1. The lowest BCUT2D eigenvalue weighted by molar-refractivity contribution is -0.136. The summed E-state index contributed by atoms with van der Waals surface area (Å²) in [6.45, 7) is 4.75. The van der Waals surface area contributed by atoms with Crippen LogP contribution in [0.5, 0.6) is 0 Å². The van der Waals surface area contributed by atoms with Crippen LogP contribution in [-0.4, -0.2) is 60.5 Å². The molecule has 1 aliphatic rings. The highest BCUT2D eigenvalue weighted by Gasteiger charge is 2.18. The van der Waals surface area contributed by atoms with Crippen molar-refractivity contribution in [2.45, 2.75) is 26.2 Å². The van der Waals surface area contributed by atoms with E-state index in [1.54, 1.807) is 4.90 Å². The first-order valence-electron chi connectivity index (χ1n) is 11.7. The Morgan fingerprint density at radius 3 is 2.65 bits per heavy atom. The number of guanidine groups is 1. The predicted molar refractivity (Wildman–Crippen MR) is 134 cm³/mol. The Morgan fingerprint density at radius 1 is 1.06 bits per heavy atom. The van der Waals surface area contributed by atoms with E-state index >= 15 is 0 Å². The fourth-order valence-electron chi connectivity index (χ4n) is 3.96. The highest BCUT2D eigenvalue weighted by molar-refractivity contribution is 6.05. The summed E-state index contributed by atoms with van der Waals surface area (Å²) in [5.74, 6) is 0.120. The van der Waals surface area contributed by atoms with Crippen molar-refractivity contribution < 1.29 is 14.3 Å². The normalized spacial score (nSPS) is 14.3. The molecule has 8 heteroatoms. The van der Waals surface area contributed by atoms with Gasteiger partial charge < -0.3 is 19.9 Å². The van der Waals surface area contributed by atoms with E-state index in [0.717, 1.165) is 23.2 Å². The van der Waals surface area contributed by atoms with Crippen LogP contribution in [0.3, 0.4) is 0 Å². The van der Waals surface area contributed by atoms with Crippen LogP contribution in [-0.2, 0) is 20.7 Å². The van der Waals surface area contributed by atoms with Gasteiger partial charge in [0.2, 0.25) is 17.8 Å². The van der Waals surface area contributed by atoms with E-state index in [4.69, 9.17) is 4.74 Å². The van der Waals surface area contributed by atoms with Gasteiger partial charge in [-0.1, -0.05) is 36.4 Å². The van der Waals surface area contributed by atoms with E-state index in [1.165, 1.54) is 10.9 Å². The Morgan fingerprint density at radius 2 is 1.82 bits per heavy atom. The van der Waals surface area contributed by atoms with Crippen molar-refractivity contribution >= 4 is 34.4 Å². The van der Waals surface area contributed by atoms with Gasteiger partial charge in [-0.05, 0) is 36.6 Å². The zero-order chi connectivity index (χ0) is 23.8. The number of nitrogens with one attached hydrogen (secondary N) is 3. The Kier molecular flexibility index (Phi) is 7.93. The van der Waals surface area contributed by atoms with Gasteiger partial charge in [0.25, 0.3) is 0 Å². The number of carbonyl (C=O) groups excluding carboxylic acids is 2. The third-order valence-corrected chi connectivity index (χ3v) is 5.91. The number of para-hydroxylation sites is 2. The lowest BCUT2D eigenvalue weighted by Crippen LogP contribution is -2.41. The van der Waals surface area contributed by atoms with Crippen molar-refractivity contribution in [1.82, 2.24) is 15.2 Å². The molecule has 2 aromatic carbocycles. The van der Waals surface area contributed by atoms with E-state index in [0.29, 0.717) is 38.8 Å². The van der Waals surface area contributed by atoms with Gasteiger partial charge >= 0.3 is 0 Å². The van der Waals surface area contributed by atoms with Crippen LogP contribution in [0.4, 0.5) is 5.69 Å². The Hall–Kier alpha value is -3.65. The number of H-pyrrole nitrogens is 1. The maximum absolute atomic E-state index is 12.7. The first-order chi connectivity index (χ1) is 16.6. The van der Waals surface area contributed by atoms with Crippen LogP contribution in [0.2, 0.25) is 0 Å². The van der Waals surface area contributed by atoms with Crippen LogP contribution in [0.1, 0.15) is 24.0 Å². The summed E-state index contributed by atoms with van der Waals surface area (Å²) >= 11 is 0. The van der Waals surface area contributed by atoms with Gasteiger partial charge in [-0.15, -0.1) is 0 Å². The summed E-state index contributed by atoms with van der Waals surface area (Å²) < 4.78 is 5.28. The van der Waals surface area contributed by atoms with Crippen molar-refractivity contribution in [1.29, 1.82) is 0 Å². The molecule has 3 aromatic rings. The molecule has 0 radical (unpaired) electrons. The molecule has 3 N–H and O–H groups in total. The molecular weight excluding hydrogens is 430 g/mol. The molecule has 0 bridgehead atoms. The largest absolute Gasteiger partial charge is 0.378 e. The van der Waals surface area contributed by atoms with Gasteiger partial charge in [0.1, 0.15) is 0 Å². The van der Waals surface area contributed by atoms with Crippen molar-refractivity contribution in [3.63, 3.8) is 0 Å². The first-order valence-corrected chi connectivity index (χ1v) is 11.7. The second-order valence-electron chi connectivity index (χ2n) is 8.32. The van der Waals surface area contributed by atoms with Crippen molar-refractivity contribution in [2.75, 3.05) is 38.2 Å². The topological polar surface area (TPSA) is 98.8 Å². The summed E-state index contributed by atoms with van der Waals surface area (Å²) in [7, 11) is 0. The maximum atomic E-state index is 12.7. The molecule has 0 saturated carbocycles. The van der Waals surface area contributed by atoms with Gasteiger partial charge in [-0.3, -0.25) is 19.9 Å². The monoisotopic (exact) mass is 461 g/mol. The summed E-state index contributed by atoms with van der Waals surface area (Å²) in [5, 5.41) is 7.29. The molecule has 178 valence electrons. The highest BCUT2D eigenvalue weighted by atomic mass is 16.5. The number of nitrogens with zero attached hydrogens (tertiary/aromatic N) is 2. The van der Waals surface area contributed by atoms with Crippen molar-refractivity contribution in [2.24, 2.45) is 4.99 Å². The van der Waals surface area contributed by atoms with Crippen LogP contribution in [0.25, 0.3) is 10.9 Å². The number of amides is 2. The Labute approximate surface area is 199 Å². The van der Waals surface area contributed by atoms with E-state index in [2.05, 4.69) is 26.7 Å². The standard InChI is InChI=1S/C26H31N5O3/c1-19-6-2-4-8-22(19)29-26(27-13-12-20-18-28-23-9-5-3-7-21(20)23)30-24(32)10-11-25(33)31-14-16-34-17-15-31/h2-9,18,28H,10-17H2,1H3,(H2,27,29,30,32). The zero-order valence-corrected chi connectivity index (χ0v) is 19.5. The van der Waals surface area contributed by atoms with Crippen molar-refractivity contribution in [3.8, 4) is 0 Å². The van der Waals surface area contributed by atoms with E-state index in [1.807, 2.05) is 55.6 Å². The fraction of sp³-hybridized carbons (Fsp3) is 0.346. The number of ether oxygens (including phenoxy) is 1. The number of rotatable bonds is 7. The van der Waals surface area contributed by atoms with Crippen LogP contribution in [0, 0.1) is 6.92 Å². The lowest BCUT2D eigenvalue weighted by Gasteiger charge is -2.26. The summed E-state index contributed by atoms with van der Waals surface area (Å²) in [6.07, 6.45) is 3.00. The average molecular weight is 462 g/mol. The van der Waals surface area contributed by atoms with E-state index in [-0.39, 0.29) is 24.7 Å². The van der Waals surface area contributed by atoms with Crippen molar-refractivity contribution in [3.05, 3.63) is 65.9 Å². The van der Waals surface area contributed by atoms with Crippen LogP contribution in [0.15, 0.2) is 59.7 Å². The summed E-state index contributed by atoms with van der Waals surface area (Å²) in [6, 6.07) is 16.0. The molecule has 1 aliphatic heterocycles. The van der Waals surface area contributed by atoms with Gasteiger partial charge in [0.15, 0.2) is 0 Å². The number of aliphatic imine (C=N–C) groups is 1. The van der Waals surface area contributed by atoms with Gasteiger partial charge in [0, 0.05) is 55.3 Å². The molecule has 1 saturated heterocycles. The molecule has 0 atom stereocenters. The Bertz CT molecular complexity index is 1160. The predicted octanol–water partition coefficient (Wildman–Crippen LogP) is 3.24. The molecule has 0 aliphatic carbocycles. The molecule has 8 nitrogen and oxygen atoms in total. The number of aromatic nitrogens is 1. The van der Waals surface area contributed by atoms with Gasteiger partial charge in [-0.2, -0.15) is 0 Å². The second kappa shape index (κ2) is 11.5. The molecular formula is C26H31N5O3. The van der Waals surface area contributed by atoms with E-state index in [9.17, 15) is 9.59 Å². The molecule has 4 rings (SSSR count). The third-order valence-electron chi connectivity index (χ3n) is 5.91. The number of carbonyl (C=O) groups is 2. The lowest BCUT2D eigenvalue weighted by atomic mass is 10.1. The summed E-state index contributed by atoms with van der Waals surface area (Å²) in [5.41, 5.74) is 4.19. The minimum atomic E-state index is -0.242. The number of morpholine rings is 1. The summed E-state index contributed by atoms with van der Waals surface area (Å²) in [4.78, 5) is 34.7. The molecule has 2 amide bonds. The molecule has 0 unspecified atom stereocenters. The SMILES string of the molecule is Cc1ccccc1NC(=NCCc1c[nH]c2ccccc12)NC(=O)CCC(=O)N1CCOCC1. The molecule has 2 heterocycles. The minimum Gasteiger partial charge on any atom is -0.378 e. The fourth-order valence-corrected chi connectivity index (χ4v) is 3.96. The smallest absolute Gasteiger partial charge is 0.227 e. The molecule has 34 heavy (non-hydrogen) atoms. The number of aromatic amines is 1. The quantitative estimate of drug-likeness (QED) is 0.372. The maximum Gasteiger partial charge on any atom is 0.227 e. The van der Waals surface area contributed by atoms with Crippen LogP contribution >= 0.6 is 0 Å². The second-order valence-corrected chi connectivity index (χ2v) is 8.32. The number of fused-ring (bicyclic) bond motifs is 1. The number of aryl methyl sites for hydroxylation is 1. The number of benzene rings is 2. The molecule has 1 fully saturated rings. The van der Waals surface area contributed by atoms with Gasteiger partial charge in [0.05, 0.1) is 13.2 Å². The Balaban J connectivity index is 1.39. The highest BCUT2D eigenvalue weighted by Crippen LogP contribution is 2.18. The number of hydrogen-bond donors (Lipinski definition) is 3. The first kappa shape index (κ1) is 23.5. The van der Waals surface area contributed by atoms with E-state index < -0.39 is 0 Å². The van der Waals surface area contributed by atoms with Gasteiger partial charge in [-0.25, -0.2) is 0 Å². The molecule has 1 aromatic heterocycles. The van der Waals surface area contributed by atoms with Crippen LogP contribution < -0.4 is 10.6 Å². The zero-order valence-electron chi connectivity index (χ0n) is 19.5. The minimum absolute atomic E-state index is 0.0249. The molecule has 0 spiro atoms. The third kappa shape index (κ3) is 6.23. The average Bonchev–Trinajstić information content (AvgIpc) is 3.27. The number of hydrogen-bond acceptors (Lipinski definition) is 4.